The van der Waals surface area contributed by atoms with Crippen LogP contribution in [0.2, 0.25) is 0 Å². The van der Waals surface area contributed by atoms with Crippen molar-refractivity contribution in [2.45, 2.75) is 24.2 Å². The van der Waals surface area contributed by atoms with Crippen LogP contribution in [0.5, 0.6) is 0 Å². The third-order valence-electron chi connectivity index (χ3n) is 3.41. The number of aromatic nitrogens is 1. The molecule has 19 heavy (non-hydrogen) atoms. The first kappa shape index (κ1) is 14.2. The van der Waals surface area contributed by atoms with Gasteiger partial charge in [-0.05, 0) is 31.2 Å². The van der Waals surface area contributed by atoms with E-state index in [9.17, 15) is 13.2 Å². The lowest BCUT2D eigenvalue weighted by atomic mass is 9.97. The number of hydrogen-bond acceptors (Lipinski definition) is 4. The molecule has 0 spiro atoms. The van der Waals surface area contributed by atoms with E-state index in [1.54, 1.807) is 0 Å². The summed E-state index contributed by atoms with van der Waals surface area (Å²) in [6.07, 6.45) is 3.59. The molecule has 1 unspecified atom stereocenters. The molecule has 1 saturated heterocycles. The van der Waals surface area contributed by atoms with Gasteiger partial charge in [-0.25, -0.2) is 8.42 Å². The molecule has 2 heterocycles. The van der Waals surface area contributed by atoms with Gasteiger partial charge < -0.3 is 10.1 Å². The van der Waals surface area contributed by atoms with Gasteiger partial charge in [-0.2, -0.15) is 4.31 Å². The van der Waals surface area contributed by atoms with Crippen LogP contribution in [0.25, 0.3) is 0 Å². The second-order valence-corrected chi connectivity index (χ2v) is 6.71. The molecule has 1 aliphatic heterocycles. The molecule has 0 aliphatic carbocycles. The number of piperidine rings is 1. The highest BCUT2D eigenvalue weighted by atomic mass is 32.2. The lowest BCUT2D eigenvalue weighted by molar-refractivity contribution is 0.203. The van der Waals surface area contributed by atoms with E-state index in [0.29, 0.717) is 19.5 Å². The van der Waals surface area contributed by atoms with Crippen LogP contribution < -0.4 is 5.56 Å². The first-order valence-electron chi connectivity index (χ1n) is 6.34. The predicted molar refractivity (Wildman–Crippen MR) is 70.2 cm³/mol. The first-order valence-corrected chi connectivity index (χ1v) is 7.78. The van der Waals surface area contributed by atoms with E-state index in [0.717, 1.165) is 12.8 Å². The molecule has 0 bridgehead atoms. The van der Waals surface area contributed by atoms with Crippen LogP contribution in [0.15, 0.2) is 28.0 Å². The number of nitrogens with one attached hydrogen (secondary N) is 1. The summed E-state index contributed by atoms with van der Waals surface area (Å²) in [4.78, 5) is 13.5. The highest BCUT2D eigenvalue weighted by Gasteiger charge is 2.29. The number of nitrogens with zero attached hydrogens (tertiary/aromatic N) is 1. The summed E-state index contributed by atoms with van der Waals surface area (Å²) in [5.74, 6) is 0.205. The number of H-pyrrole nitrogens is 1. The van der Waals surface area contributed by atoms with E-state index < -0.39 is 10.0 Å². The van der Waals surface area contributed by atoms with Crippen LogP contribution in [0.4, 0.5) is 0 Å². The Morgan fingerprint density at radius 1 is 1.42 bits per heavy atom. The van der Waals surface area contributed by atoms with Crippen molar-refractivity contribution < 1.29 is 13.5 Å². The number of sulfonamides is 1. The Morgan fingerprint density at radius 3 is 2.84 bits per heavy atom. The number of aliphatic hydroxyl groups is 1. The minimum Gasteiger partial charge on any atom is -0.396 e. The van der Waals surface area contributed by atoms with Crippen molar-refractivity contribution in [2.24, 2.45) is 5.92 Å². The van der Waals surface area contributed by atoms with Crippen molar-refractivity contribution in [3.8, 4) is 0 Å². The molecule has 6 nitrogen and oxygen atoms in total. The average molecular weight is 286 g/mol. The fraction of sp³-hybridized carbons (Fsp3) is 0.583. The summed E-state index contributed by atoms with van der Waals surface area (Å²) < 4.78 is 26.2. The molecule has 7 heteroatoms. The van der Waals surface area contributed by atoms with Gasteiger partial charge in [0.15, 0.2) is 0 Å². The molecule has 1 fully saturated rings. The van der Waals surface area contributed by atoms with E-state index in [1.165, 1.54) is 22.6 Å². The standard InChI is InChI=1S/C12H18N2O4S/c15-7-5-10-2-1-6-14(9-10)19(17,18)11-3-4-12(16)13-8-11/h3-4,8,10,15H,1-2,5-7,9H2,(H,13,16). The van der Waals surface area contributed by atoms with Crippen molar-refractivity contribution in [3.63, 3.8) is 0 Å². The third-order valence-corrected chi connectivity index (χ3v) is 5.27. The Hall–Kier alpha value is -1.18. The molecule has 2 N–H and O–H groups in total. The third kappa shape index (κ3) is 3.23. The summed E-state index contributed by atoms with van der Waals surface area (Å²) in [5.41, 5.74) is -0.323. The SMILES string of the molecule is O=c1ccc(S(=O)(=O)N2CCCC(CCO)C2)c[nH]1. The Balaban J connectivity index is 2.19. The zero-order valence-electron chi connectivity index (χ0n) is 10.6. The summed E-state index contributed by atoms with van der Waals surface area (Å²) in [5, 5.41) is 8.95. The van der Waals surface area contributed by atoms with E-state index in [2.05, 4.69) is 4.98 Å². The van der Waals surface area contributed by atoms with Gasteiger partial charge in [-0.3, -0.25) is 4.79 Å². The second kappa shape index (κ2) is 5.85. The van der Waals surface area contributed by atoms with Gasteiger partial charge in [0.05, 0.1) is 4.90 Å². The molecule has 2 rings (SSSR count). The van der Waals surface area contributed by atoms with Crippen molar-refractivity contribution in [1.82, 2.24) is 9.29 Å². The number of aromatic amines is 1. The highest BCUT2D eigenvalue weighted by Crippen LogP contribution is 2.24. The number of hydrogen-bond donors (Lipinski definition) is 2. The number of aliphatic hydroxyl groups excluding tert-OH is 1. The Bertz CT molecular complexity index is 559. The quantitative estimate of drug-likeness (QED) is 0.825. The first-order chi connectivity index (χ1) is 9.04. The van der Waals surface area contributed by atoms with E-state index in [-0.39, 0.29) is 23.0 Å². The average Bonchev–Trinajstić information content (AvgIpc) is 2.40. The normalized spacial score (nSPS) is 21.4. The van der Waals surface area contributed by atoms with E-state index in [4.69, 9.17) is 5.11 Å². The summed E-state index contributed by atoms with van der Waals surface area (Å²) >= 11 is 0. The molecule has 0 saturated carbocycles. The lowest BCUT2D eigenvalue weighted by Crippen LogP contribution is -2.40. The molecule has 1 aromatic rings. The highest BCUT2D eigenvalue weighted by molar-refractivity contribution is 7.89. The molecule has 1 aliphatic rings. The smallest absolute Gasteiger partial charge is 0.247 e. The fourth-order valence-corrected chi connectivity index (χ4v) is 3.89. The van der Waals surface area contributed by atoms with Gasteiger partial charge in [0.2, 0.25) is 15.6 Å². The van der Waals surface area contributed by atoms with Gasteiger partial charge >= 0.3 is 0 Å². The molecular weight excluding hydrogens is 268 g/mol. The molecule has 0 amide bonds. The van der Waals surface area contributed by atoms with Crippen molar-refractivity contribution >= 4 is 10.0 Å². The zero-order valence-corrected chi connectivity index (χ0v) is 11.4. The van der Waals surface area contributed by atoms with Crippen LogP contribution in [0.1, 0.15) is 19.3 Å². The maximum Gasteiger partial charge on any atom is 0.247 e. The molecule has 1 aromatic heterocycles. The zero-order chi connectivity index (χ0) is 13.9. The molecule has 0 aromatic carbocycles. The Labute approximate surface area is 112 Å². The summed E-state index contributed by atoms with van der Waals surface area (Å²) in [7, 11) is -3.55. The van der Waals surface area contributed by atoms with Gasteiger partial charge in [0.25, 0.3) is 0 Å². The van der Waals surface area contributed by atoms with Crippen LogP contribution in [-0.4, -0.2) is 42.5 Å². The minimum absolute atomic E-state index is 0.0806. The summed E-state index contributed by atoms with van der Waals surface area (Å²) in [6, 6.07) is 2.53. The van der Waals surface area contributed by atoms with Crippen LogP contribution in [-0.2, 0) is 10.0 Å². The predicted octanol–water partition coefficient (Wildman–Crippen LogP) is 0.158. The van der Waals surface area contributed by atoms with Crippen LogP contribution >= 0.6 is 0 Å². The lowest BCUT2D eigenvalue weighted by Gasteiger charge is -2.31. The summed E-state index contributed by atoms with van der Waals surface area (Å²) in [6.45, 7) is 1.00. The van der Waals surface area contributed by atoms with Gasteiger partial charge in [0, 0.05) is 32.0 Å². The Morgan fingerprint density at radius 2 is 2.21 bits per heavy atom. The Kier molecular flexibility index (Phi) is 4.38. The number of rotatable bonds is 4. The van der Waals surface area contributed by atoms with Crippen LogP contribution in [0, 0.1) is 5.92 Å². The van der Waals surface area contributed by atoms with Gasteiger partial charge in [0.1, 0.15) is 0 Å². The maximum atomic E-state index is 12.4. The largest absolute Gasteiger partial charge is 0.396 e. The van der Waals surface area contributed by atoms with Crippen molar-refractivity contribution in [1.29, 1.82) is 0 Å². The van der Waals surface area contributed by atoms with Gasteiger partial charge in [-0.1, -0.05) is 0 Å². The molecule has 0 radical (unpaired) electrons. The molecular formula is C12H18N2O4S. The van der Waals surface area contributed by atoms with Crippen LogP contribution in [0.3, 0.4) is 0 Å². The topological polar surface area (TPSA) is 90.5 Å². The minimum atomic E-state index is -3.55. The van der Waals surface area contributed by atoms with E-state index >= 15 is 0 Å². The van der Waals surface area contributed by atoms with E-state index in [1.807, 2.05) is 0 Å². The van der Waals surface area contributed by atoms with Crippen molar-refractivity contribution in [3.05, 3.63) is 28.7 Å². The van der Waals surface area contributed by atoms with Crippen molar-refractivity contribution in [2.75, 3.05) is 19.7 Å². The monoisotopic (exact) mass is 286 g/mol. The maximum absolute atomic E-state index is 12.4. The molecule has 106 valence electrons. The molecule has 1 atom stereocenters. The van der Waals surface area contributed by atoms with Gasteiger partial charge in [-0.15, -0.1) is 0 Å². The second-order valence-electron chi connectivity index (χ2n) is 4.77. The number of pyridine rings is 1. The fourth-order valence-electron chi connectivity index (χ4n) is 2.37.